The number of anilines is 1. The quantitative estimate of drug-likeness (QED) is 0.416. The van der Waals surface area contributed by atoms with E-state index in [0.717, 1.165) is 6.07 Å². The molecule has 0 saturated heterocycles. The van der Waals surface area contributed by atoms with Gasteiger partial charge in [0.05, 0.1) is 12.1 Å². The van der Waals surface area contributed by atoms with Crippen molar-refractivity contribution in [3.05, 3.63) is 35.2 Å². The smallest absolute Gasteiger partial charge is 0.348 e. The van der Waals surface area contributed by atoms with Gasteiger partial charge in [-0.15, -0.1) is 0 Å². The third-order valence-electron chi connectivity index (χ3n) is 3.56. The Balaban J connectivity index is 2.22. The molecule has 25 heavy (non-hydrogen) atoms. The van der Waals surface area contributed by atoms with Crippen molar-refractivity contribution in [1.82, 2.24) is 0 Å². The van der Waals surface area contributed by atoms with Crippen LogP contribution in [-0.4, -0.2) is 22.7 Å². The molecule has 1 heterocycles. The molecule has 1 aliphatic heterocycles. The Morgan fingerprint density at radius 2 is 1.96 bits per heavy atom. The first-order valence-corrected chi connectivity index (χ1v) is 7.16. The second kappa shape index (κ2) is 6.25. The fraction of sp³-hybridized carbons (Fsp3) is 0.429. The van der Waals surface area contributed by atoms with E-state index in [4.69, 9.17) is 18.8 Å². The van der Waals surface area contributed by atoms with Gasteiger partial charge in [-0.25, -0.2) is 4.85 Å². The molecule has 134 valence electrons. The molecule has 1 N–H and O–H groups in total. The molecule has 0 bridgehead atoms. The summed E-state index contributed by atoms with van der Waals surface area (Å²) in [6.07, 6.45) is -9.86. The van der Waals surface area contributed by atoms with Gasteiger partial charge in [-0.3, -0.25) is 0 Å². The second-order valence-corrected chi connectivity index (χ2v) is 5.95. The van der Waals surface area contributed by atoms with Crippen molar-refractivity contribution in [3.63, 3.8) is 0 Å². The minimum absolute atomic E-state index is 0.100. The number of alkyl halides is 6. The van der Waals surface area contributed by atoms with E-state index >= 15 is 0 Å². The molecule has 0 fully saturated rings. The summed E-state index contributed by atoms with van der Waals surface area (Å²) in [5.74, 6) is 0. The molecule has 11 heteroatoms. The van der Waals surface area contributed by atoms with Crippen LogP contribution in [0.25, 0.3) is 4.85 Å². The highest BCUT2D eigenvalue weighted by atomic mass is 32.1. The van der Waals surface area contributed by atoms with Gasteiger partial charge in [0.25, 0.3) is 0 Å². The Morgan fingerprint density at radius 1 is 1.32 bits per heavy atom. The van der Waals surface area contributed by atoms with Crippen molar-refractivity contribution in [2.24, 2.45) is 10.2 Å². The highest BCUT2D eigenvalue weighted by Crippen LogP contribution is 2.40. The van der Waals surface area contributed by atoms with Gasteiger partial charge >= 0.3 is 12.4 Å². The first-order chi connectivity index (χ1) is 11.4. The first kappa shape index (κ1) is 19.1. The zero-order chi connectivity index (χ0) is 19.0. The molecular weight excluding hydrogens is 370 g/mol. The number of benzene rings is 1. The van der Waals surface area contributed by atoms with Crippen LogP contribution in [0.5, 0.6) is 0 Å². The Labute approximate surface area is 143 Å². The van der Waals surface area contributed by atoms with Gasteiger partial charge in [-0.05, 0) is 19.1 Å². The van der Waals surface area contributed by atoms with E-state index in [0.29, 0.717) is 6.07 Å². The molecule has 1 unspecified atom stereocenters. The summed E-state index contributed by atoms with van der Waals surface area (Å²) in [6.45, 7) is 8.08. The number of nitrogens with one attached hydrogen (secondary N) is 1. The molecular formula is C14H10F6N4S. The highest BCUT2D eigenvalue weighted by molar-refractivity contribution is 7.80. The molecule has 0 spiro atoms. The molecule has 0 amide bonds. The van der Waals surface area contributed by atoms with Crippen LogP contribution in [0.3, 0.4) is 0 Å². The molecule has 4 nitrogen and oxygen atoms in total. The molecule has 1 aromatic carbocycles. The van der Waals surface area contributed by atoms with E-state index in [-0.39, 0.29) is 10.7 Å². The van der Waals surface area contributed by atoms with Crippen molar-refractivity contribution in [2.45, 2.75) is 37.3 Å². The van der Waals surface area contributed by atoms with Crippen LogP contribution < -0.4 is 5.32 Å². The number of azo groups is 1. The summed E-state index contributed by atoms with van der Waals surface area (Å²) in [6, 6.07) is 0.812. The van der Waals surface area contributed by atoms with Crippen LogP contribution in [0.1, 0.15) is 18.9 Å². The summed E-state index contributed by atoms with van der Waals surface area (Å²) in [4.78, 5) is 2.61. The van der Waals surface area contributed by atoms with E-state index < -0.39 is 41.6 Å². The lowest BCUT2D eigenvalue weighted by atomic mass is 9.95. The van der Waals surface area contributed by atoms with Gasteiger partial charge in [0, 0.05) is 12.1 Å². The van der Waals surface area contributed by atoms with Crippen LogP contribution >= 0.6 is 12.2 Å². The number of thiocarbonyl (C=S) groups is 1. The fourth-order valence-electron chi connectivity index (χ4n) is 2.18. The van der Waals surface area contributed by atoms with E-state index in [2.05, 4.69) is 20.4 Å². The summed E-state index contributed by atoms with van der Waals surface area (Å²) >= 11 is 5.01. The lowest BCUT2D eigenvalue weighted by Crippen LogP contribution is -2.39. The maximum atomic E-state index is 12.9. The van der Waals surface area contributed by atoms with Gasteiger partial charge in [-0.2, -0.15) is 36.6 Å². The van der Waals surface area contributed by atoms with Crippen molar-refractivity contribution in [1.29, 1.82) is 0 Å². The van der Waals surface area contributed by atoms with Crippen LogP contribution in [0.4, 0.5) is 37.7 Å². The predicted octanol–water partition coefficient (Wildman–Crippen LogP) is 5.54. The van der Waals surface area contributed by atoms with Crippen LogP contribution in [0, 0.1) is 6.57 Å². The fourth-order valence-corrected chi connectivity index (χ4v) is 2.42. The molecule has 1 aliphatic rings. The molecule has 2 rings (SSSR count). The minimum atomic E-state index is -4.75. The lowest BCUT2D eigenvalue weighted by molar-refractivity contribution is -0.147. The summed E-state index contributed by atoms with van der Waals surface area (Å²) in [7, 11) is 0. The van der Waals surface area contributed by atoms with E-state index in [1.165, 1.54) is 13.0 Å². The van der Waals surface area contributed by atoms with Gasteiger partial charge in [0.2, 0.25) is 0 Å². The second-order valence-electron chi connectivity index (χ2n) is 5.55. The Bertz CT molecular complexity index is 764. The number of nitrogens with zero attached hydrogens (tertiary/aromatic N) is 3. The van der Waals surface area contributed by atoms with Crippen molar-refractivity contribution >= 4 is 28.6 Å². The van der Waals surface area contributed by atoms with Crippen molar-refractivity contribution < 1.29 is 26.3 Å². The molecule has 1 aromatic rings. The Hall–Kier alpha value is -2.22. The predicted molar refractivity (Wildman–Crippen MR) is 81.6 cm³/mol. The topological polar surface area (TPSA) is 41.1 Å². The third kappa shape index (κ3) is 4.07. The summed E-state index contributed by atoms with van der Waals surface area (Å²) < 4.78 is 76.9. The zero-order valence-electron chi connectivity index (χ0n) is 12.5. The van der Waals surface area contributed by atoms with E-state index in [9.17, 15) is 26.3 Å². The molecule has 0 radical (unpaired) electrons. The van der Waals surface area contributed by atoms with Gasteiger partial charge in [0.15, 0.2) is 11.7 Å². The molecule has 0 saturated carbocycles. The van der Waals surface area contributed by atoms with Gasteiger partial charge < -0.3 is 5.32 Å². The largest absolute Gasteiger partial charge is 0.412 e. The first-order valence-electron chi connectivity index (χ1n) is 6.76. The lowest BCUT2D eigenvalue weighted by Gasteiger charge is -2.23. The molecule has 2 atom stereocenters. The number of hydrogen-bond donors (Lipinski definition) is 1. The van der Waals surface area contributed by atoms with Gasteiger partial charge in [0.1, 0.15) is 10.5 Å². The van der Waals surface area contributed by atoms with Crippen LogP contribution in [0.15, 0.2) is 28.4 Å². The molecule has 0 aliphatic carbocycles. The maximum absolute atomic E-state index is 12.9. The SMILES string of the molecule is [C-]#[N+]c1ccc(NC(=S)[C@]2(C)CC(C(F)(F)F)N=N2)cc1C(F)(F)F. The normalized spacial score (nSPS) is 23.4. The van der Waals surface area contributed by atoms with E-state index in [1.807, 2.05) is 0 Å². The number of hydrogen-bond acceptors (Lipinski definition) is 3. The number of rotatable bonds is 2. The standard InChI is InChI=1S/C14H10F6N4S/c1-12(6-10(23-24-12)14(18,19)20)11(25)22-7-3-4-9(21-2)8(5-7)13(15,16)17/h3-5,10H,6H2,1H3,(H,22,25)/t10?,12-/m0/s1. The maximum Gasteiger partial charge on any atom is 0.412 e. The Kier molecular flexibility index (Phi) is 4.78. The molecule has 0 aromatic heterocycles. The summed E-state index contributed by atoms with van der Waals surface area (Å²) in [5, 5.41) is 9.17. The highest BCUT2D eigenvalue weighted by Gasteiger charge is 2.50. The average molecular weight is 380 g/mol. The van der Waals surface area contributed by atoms with Gasteiger partial charge in [-0.1, -0.05) is 18.3 Å². The zero-order valence-corrected chi connectivity index (χ0v) is 13.4. The van der Waals surface area contributed by atoms with Crippen molar-refractivity contribution in [3.8, 4) is 0 Å². The van der Waals surface area contributed by atoms with Crippen LogP contribution in [-0.2, 0) is 6.18 Å². The van der Waals surface area contributed by atoms with E-state index in [1.54, 1.807) is 0 Å². The minimum Gasteiger partial charge on any atom is -0.348 e. The summed E-state index contributed by atoms with van der Waals surface area (Å²) in [5.41, 5.74) is -3.34. The third-order valence-corrected chi connectivity index (χ3v) is 4.10. The monoisotopic (exact) mass is 380 g/mol. The Morgan fingerprint density at radius 3 is 2.44 bits per heavy atom. The number of halogens is 6. The van der Waals surface area contributed by atoms with Crippen molar-refractivity contribution in [2.75, 3.05) is 5.32 Å². The van der Waals surface area contributed by atoms with Crippen LogP contribution in [0.2, 0.25) is 0 Å². The average Bonchev–Trinajstić information content (AvgIpc) is 2.90.